The van der Waals surface area contributed by atoms with Crippen molar-refractivity contribution in [3.8, 4) is 11.4 Å². The Morgan fingerprint density at radius 1 is 1.25 bits per heavy atom. The van der Waals surface area contributed by atoms with Crippen molar-refractivity contribution in [2.75, 3.05) is 7.11 Å². The number of carbonyl (C=O) groups excluding carboxylic acids is 1. The van der Waals surface area contributed by atoms with Crippen LogP contribution in [0.25, 0.3) is 5.69 Å². The van der Waals surface area contributed by atoms with Crippen LogP contribution in [0.15, 0.2) is 47.7 Å². The number of aromatic nitrogens is 2. The highest BCUT2D eigenvalue weighted by atomic mass is 35.5. The van der Waals surface area contributed by atoms with Crippen LogP contribution in [-0.4, -0.2) is 28.8 Å². The normalized spacial score (nSPS) is 11.0. The minimum absolute atomic E-state index is 0.126. The van der Waals surface area contributed by atoms with Crippen LogP contribution in [0.4, 0.5) is 0 Å². The highest BCUT2D eigenvalue weighted by Crippen LogP contribution is 2.30. The van der Waals surface area contributed by atoms with Gasteiger partial charge in [0, 0.05) is 28.2 Å². The number of nitrogens with zero attached hydrogens (tertiary/aromatic N) is 3. The second-order valence-corrected chi connectivity index (χ2v) is 6.81. The molecule has 3 rings (SSSR count). The molecule has 6 nitrogen and oxygen atoms in total. The number of rotatable bonds is 5. The lowest BCUT2D eigenvalue weighted by atomic mass is 10.2. The number of hydrogen-bond donors (Lipinski definition) is 1. The number of hydrogen-bond acceptors (Lipinski definition) is 4. The van der Waals surface area contributed by atoms with E-state index < -0.39 is 5.91 Å². The minimum atomic E-state index is -0.431. The van der Waals surface area contributed by atoms with Gasteiger partial charge < -0.3 is 9.30 Å². The first-order chi connectivity index (χ1) is 13.4. The van der Waals surface area contributed by atoms with Crippen LogP contribution in [0, 0.1) is 13.8 Å². The molecule has 2 aromatic heterocycles. The molecule has 144 valence electrons. The smallest absolute Gasteiger partial charge is 0.274 e. The van der Waals surface area contributed by atoms with E-state index in [0.717, 1.165) is 22.6 Å². The predicted octanol–water partition coefficient (Wildman–Crippen LogP) is 4.57. The Morgan fingerprint density at radius 3 is 2.75 bits per heavy atom. The molecule has 0 unspecified atom stereocenters. The summed E-state index contributed by atoms with van der Waals surface area (Å²) >= 11 is 12.1. The quantitative estimate of drug-likeness (QED) is 0.376. The summed E-state index contributed by atoms with van der Waals surface area (Å²) in [6, 6.07) is 10.6. The molecular formula is C20H18Cl2N4O2. The van der Waals surface area contributed by atoms with E-state index in [9.17, 15) is 4.79 Å². The summed E-state index contributed by atoms with van der Waals surface area (Å²) in [5, 5.41) is 4.78. The molecule has 0 bridgehead atoms. The van der Waals surface area contributed by atoms with Gasteiger partial charge in [-0.05, 0) is 50.2 Å². The SMILES string of the molecule is COc1ccc(Cl)cc1-n1c(C)cc(C=NNC(=O)c2cccnc2Cl)c1C. The van der Waals surface area contributed by atoms with E-state index in [1.165, 1.54) is 6.20 Å². The number of aryl methyl sites for hydroxylation is 1. The van der Waals surface area contributed by atoms with Crippen LogP contribution in [0.5, 0.6) is 5.75 Å². The van der Waals surface area contributed by atoms with Crippen LogP contribution in [0.3, 0.4) is 0 Å². The molecule has 1 N–H and O–H groups in total. The lowest BCUT2D eigenvalue weighted by Gasteiger charge is -2.14. The van der Waals surface area contributed by atoms with Crippen molar-refractivity contribution in [3.05, 3.63) is 75.3 Å². The average molecular weight is 417 g/mol. The maximum atomic E-state index is 12.2. The number of methoxy groups -OCH3 is 1. The average Bonchev–Trinajstić information content (AvgIpc) is 2.95. The second kappa shape index (κ2) is 8.46. The Morgan fingerprint density at radius 2 is 2.04 bits per heavy atom. The molecule has 8 heteroatoms. The number of hydrazone groups is 1. The van der Waals surface area contributed by atoms with E-state index in [-0.39, 0.29) is 10.7 Å². The molecule has 0 aliphatic rings. The number of ether oxygens (including phenoxy) is 1. The van der Waals surface area contributed by atoms with Crippen molar-refractivity contribution >= 4 is 35.3 Å². The number of pyridine rings is 1. The van der Waals surface area contributed by atoms with Crippen molar-refractivity contribution in [1.82, 2.24) is 15.0 Å². The Kier molecular flexibility index (Phi) is 6.02. The Bertz CT molecular complexity index is 1060. The molecular weight excluding hydrogens is 399 g/mol. The fraction of sp³-hybridized carbons (Fsp3) is 0.150. The number of amides is 1. The summed E-state index contributed by atoms with van der Waals surface area (Å²) in [6.45, 7) is 3.92. The van der Waals surface area contributed by atoms with E-state index in [2.05, 4.69) is 15.5 Å². The van der Waals surface area contributed by atoms with E-state index >= 15 is 0 Å². The summed E-state index contributed by atoms with van der Waals surface area (Å²) in [4.78, 5) is 16.0. The van der Waals surface area contributed by atoms with Gasteiger partial charge in [0.15, 0.2) is 0 Å². The van der Waals surface area contributed by atoms with Crippen LogP contribution in [0.1, 0.15) is 27.3 Å². The van der Waals surface area contributed by atoms with Crippen LogP contribution in [-0.2, 0) is 0 Å². The molecule has 3 aromatic rings. The molecule has 28 heavy (non-hydrogen) atoms. The topological polar surface area (TPSA) is 68.5 Å². The van der Waals surface area contributed by atoms with Crippen molar-refractivity contribution in [2.24, 2.45) is 5.10 Å². The van der Waals surface area contributed by atoms with Gasteiger partial charge in [-0.25, -0.2) is 10.4 Å². The number of benzene rings is 1. The van der Waals surface area contributed by atoms with Gasteiger partial charge in [-0.1, -0.05) is 23.2 Å². The van der Waals surface area contributed by atoms with Gasteiger partial charge in [0.1, 0.15) is 10.9 Å². The summed E-state index contributed by atoms with van der Waals surface area (Å²) in [5.41, 5.74) is 6.30. The summed E-state index contributed by atoms with van der Waals surface area (Å²) < 4.78 is 7.48. The van der Waals surface area contributed by atoms with Gasteiger partial charge in [-0.2, -0.15) is 5.10 Å². The molecule has 2 heterocycles. The van der Waals surface area contributed by atoms with Crippen LogP contribution in [0.2, 0.25) is 10.2 Å². The van der Waals surface area contributed by atoms with Gasteiger partial charge in [0.05, 0.1) is 24.6 Å². The molecule has 0 spiro atoms. The second-order valence-electron chi connectivity index (χ2n) is 6.02. The molecule has 0 radical (unpaired) electrons. The summed E-state index contributed by atoms with van der Waals surface area (Å²) in [7, 11) is 1.61. The van der Waals surface area contributed by atoms with E-state index in [0.29, 0.717) is 10.8 Å². The Hall–Kier alpha value is -2.83. The number of nitrogens with one attached hydrogen (secondary N) is 1. The van der Waals surface area contributed by atoms with Crippen molar-refractivity contribution in [3.63, 3.8) is 0 Å². The van der Waals surface area contributed by atoms with E-state index in [1.807, 2.05) is 36.6 Å². The largest absolute Gasteiger partial charge is 0.495 e. The fourth-order valence-corrected chi connectivity index (χ4v) is 3.27. The van der Waals surface area contributed by atoms with Gasteiger partial charge in [0.25, 0.3) is 5.91 Å². The summed E-state index contributed by atoms with van der Waals surface area (Å²) in [6.07, 6.45) is 3.10. The van der Waals surface area contributed by atoms with E-state index in [4.69, 9.17) is 27.9 Å². The zero-order valence-corrected chi connectivity index (χ0v) is 17.0. The van der Waals surface area contributed by atoms with Gasteiger partial charge in [-0.3, -0.25) is 4.79 Å². The Balaban J connectivity index is 1.87. The first-order valence-corrected chi connectivity index (χ1v) is 9.14. The maximum absolute atomic E-state index is 12.2. The molecule has 0 saturated heterocycles. The Labute approximate surface area is 172 Å². The first kappa shape index (κ1) is 19.9. The number of carbonyl (C=O) groups is 1. The fourth-order valence-electron chi connectivity index (χ4n) is 2.90. The highest BCUT2D eigenvalue weighted by Gasteiger charge is 2.14. The third kappa shape index (κ3) is 4.03. The van der Waals surface area contributed by atoms with Crippen LogP contribution < -0.4 is 10.2 Å². The third-order valence-electron chi connectivity index (χ3n) is 4.23. The number of halogens is 2. The first-order valence-electron chi connectivity index (χ1n) is 8.39. The molecule has 1 aromatic carbocycles. The van der Waals surface area contributed by atoms with Crippen molar-refractivity contribution in [1.29, 1.82) is 0 Å². The monoisotopic (exact) mass is 416 g/mol. The third-order valence-corrected chi connectivity index (χ3v) is 4.76. The van der Waals surface area contributed by atoms with Gasteiger partial charge >= 0.3 is 0 Å². The molecule has 0 aliphatic carbocycles. The van der Waals surface area contributed by atoms with Crippen LogP contribution >= 0.6 is 23.2 Å². The van der Waals surface area contributed by atoms with E-state index in [1.54, 1.807) is 31.5 Å². The van der Waals surface area contributed by atoms with Crippen molar-refractivity contribution in [2.45, 2.75) is 13.8 Å². The zero-order valence-electron chi connectivity index (χ0n) is 15.5. The van der Waals surface area contributed by atoms with Gasteiger partial charge in [0.2, 0.25) is 0 Å². The summed E-state index contributed by atoms with van der Waals surface area (Å²) in [5.74, 6) is 0.272. The zero-order chi connectivity index (χ0) is 20.3. The predicted molar refractivity (Wildman–Crippen MR) is 111 cm³/mol. The molecule has 0 saturated carbocycles. The molecule has 0 atom stereocenters. The lowest BCUT2D eigenvalue weighted by molar-refractivity contribution is 0.0955. The standard InChI is InChI=1S/C20H18Cl2N4O2/c1-12-9-14(11-24-25-20(27)16-5-4-8-23-19(16)22)13(2)26(12)17-10-15(21)6-7-18(17)28-3/h4-11H,1-3H3,(H,25,27). The lowest BCUT2D eigenvalue weighted by Crippen LogP contribution is -2.18. The minimum Gasteiger partial charge on any atom is -0.495 e. The van der Waals surface area contributed by atoms with Gasteiger partial charge in [-0.15, -0.1) is 0 Å². The maximum Gasteiger partial charge on any atom is 0.274 e. The molecule has 0 aliphatic heterocycles. The highest BCUT2D eigenvalue weighted by molar-refractivity contribution is 6.32. The van der Waals surface area contributed by atoms with Crippen molar-refractivity contribution < 1.29 is 9.53 Å². The molecule has 0 fully saturated rings. The molecule has 1 amide bonds.